The van der Waals surface area contributed by atoms with Gasteiger partial charge in [0.2, 0.25) is 0 Å². The van der Waals surface area contributed by atoms with E-state index in [-0.39, 0.29) is 5.60 Å². The van der Waals surface area contributed by atoms with Gasteiger partial charge in [0.1, 0.15) is 0 Å². The Morgan fingerprint density at radius 3 is 3.18 bits per heavy atom. The Balaban J connectivity index is 1.63. The fourth-order valence-electron chi connectivity index (χ4n) is 2.59. The minimum absolute atomic E-state index is 0.157. The number of rotatable bonds is 6. The molecule has 0 saturated carbocycles. The molecule has 0 aliphatic carbocycles. The predicted octanol–water partition coefficient (Wildman–Crippen LogP) is 2.06. The van der Waals surface area contributed by atoms with Crippen LogP contribution in [0.3, 0.4) is 0 Å². The molecule has 4 heteroatoms. The lowest BCUT2D eigenvalue weighted by Gasteiger charge is -2.37. The number of ether oxygens (including phenoxy) is 2. The van der Waals surface area contributed by atoms with E-state index in [1.807, 2.05) is 11.8 Å². The van der Waals surface area contributed by atoms with Gasteiger partial charge in [-0.25, -0.2) is 0 Å². The van der Waals surface area contributed by atoms with E-state index in [1.54, 1.807) is 0 Å². The summed E-state index contributed by atoms with van der Waals surface area (Å²) >= 11 is 2.02. The second-order valence-corrected chi connectivity index (χ2v) is 6.17. The molecule has 1 spiro atoms. The molecule has 0 radical (unpaired) electrons. The van der Waals surface area contributed by atoms with E-state index in [0.717, 1.165) is 39.1 Å². The highest BCUT2D eigenvalue weighted by Crippen LogP contribution is 2.38. The molecule has 1 N–H and O–H groups in total. The van der Waals surface area contributed by atoms with Crippen LogP contribution in [0.15, 0.2) is 0 Å². The molecular formula is C13H25NO2S. The smallest absolute Gasteiger partial charge is 0.0805 e. The van der Waals surface area contributed by atoms with Gasteiger partial charge >= 0.3 is 0 Å². The predicted molar refractivity (Wildman–Crippen MR) is 72.8 cm³/mol. The molecule has 17 heavy (non-hydrogen) atoms. The third-order valence-electron chi connectivity index (χ3n) is 3.57. The summed E-state index contributed by atoms with van der Waals surface area (Å²) < 4.78 is 11.9. The summed E-state index contributed by atoms with van der Waals surface area (Å²) in [6.45, 7) is 5.99. The number of hydrogen-bond donors (Lipinski definition) is 1. The molecule has 2 fully saturated rings. The van der Waals surface area contributed by atoms with Crippen molar-refractivity contribution in [1.29, 1.82) is 0 Å². The number of hydrogen-bond acceptors (Lipinski definition) is 4. The van der Waals surface area contributed by atoms with Gasteiger partial charge in [0, 0.05) is 25.3 Å². The van der Waals surface area contributed by atoms with Gasteiger partial charge < -0.3 is 14.8 Å². The summed E-state index contributed by atoms with van der Waals surface area (Å²) in [5.74, 6) is 2.42. The standard InChI is InChI=1S/C13H25NO2S/c1-2-5-14-6-8-15-12-3-7-16-13(10-12)4-9-17-11-13/h12,14H,2-11H2,1H3. The van der Waals surface area contributed by atoms with Gasteiger partial charge in [-0.3, -0.25) is 0 Å². The normalized spacial score (nSPS) is 33.4. The van der Waals surface area contributed by atoms with Crippen LogP contribution in [-0.2, 0) is 9.47 Å². The van der Waals surface area contributed by atoms with Crippen molar-refractivity contribution in [2.24, 2.45) is 0 Å². The van der Waals surface area contributed by atoms with Crippen LogP contribution in [-0.4, -0.2) is 49.5 Å². The zero-order chi connectivity index (χ0) is 12.0. The van der Waals surface area contributed by atoms with Crippen LogP contribution in [0.25, 0.3) is 0 Å². The van der Waals surface area contributed by atoms with Crippen molar-refractivity contribution in [2.45, 2.75) is 44.3 Å². The molecular weight excluding hydrogens is 234 g/mol. The lowest BCUT2D eigenvalue weighted by molar-refractivity contribution is -0.120. The molecule has 2 aliphatic rings. The molecule has 2 rings (SSSR count). The van der Waals surface area contributed by atoms with Crippen LogP contribution >= 0.6 is 11.8 Å². The largest absolute Gasteiger partial charge is 0.377 e. The van der Waals surface area contributed by atoms with Crippen LogP contribution in [0.4, 0.5) is 0 Å². The maximum atomic E-state index is 5.99. The molecule has 0 aromatic carbocycles. The Morgan fingerprint density at radius 2 is 2.41 bits per heavy atom. The highest BCUT2D eigenvalue weighted by Gasteiger charge is 2.40. The van der Waals surface area contributed by atoms with Crippen LogP contribution in [0.1, 0.15) is 32.6 Å². The van der Waals surface area contributed by atoms with E-state index in [9.17, 15) is 0 Å². The van der Waals surface area contributed by atoms with Crippen molar-refractivity contribution < 1.29 is 9.47 Å². The van der Waals surface area contributed by atoms with Gasteiger partial charge in [0.15, 0.2) is 0 Å². The molecule has 0 amide bonds. The molecule has 2 heterocycles. The third-order valence-corrected chi connectivity index (χ3v) is 4.80. The van der Waals surface area contributed by atoms with Crippen molar-refractivity contribution in [2.75, 3.05) is 37.8 Å². The quantitative estimate of drug-likeness (QED) is 0.740. The second kappa shape index (κ2) is 6.98. The van der Waals surface area contributed by atoms with Crippen molar-refractivity contribution >= 4 is 11.8 Å². The summed E-state index contributed by atoms with van der Waals surface area (Å²) in [7, 11) is 0. The topological polar surface area (TPSA) is 30.5 Å². The average molecular weight is 259 g/mol. The summed E-state index contributed by atoms with van der Waals surface area (Å²) in [5, 5.41) is 3.38. The molecule has 0 aromatic rings. The van der Waals surface area contributed by atoms with E-state index >= 15 is 0 Å². The lowest BCUT2D eigenvalue weighted by Crippen LogP contribution is -2.43. The monoisotopic (exact) mass is 259 g/mol. The van der Waals surface area contributed by atoms with Crippen LogP contribution < -0.4 is 5.32 Å². The lowest BCUT2D eigenvalue weighted by atomic mass is 9.91. The van der Waals surface area contributed by atoms with E-state index in [0.29, 0.717) is 6.10 Å². The van der Waals surface area contributed by atoms with Crippen LogP contribution in [0.5, 0.6) is 0 Å². The Hall–Kier alpha value is 0.230. The van der Waals surface area contributed by atoms with E-state index in [2.05, 4.69) is 12.2 Å². The number of thioether (sulfide) groups is 1. The van der Waals surface area contributed by atoms with Crippen molar-refractivity contribution in [3.8, 4) is 0 Å². The number of nitrogens with one attached hydrogen (secondary N) is 1. The minimum Gasteiger partial charge on any atom is -0.377 e. The van der Waals surface area contributed by atoms with Crippen molar-refractivity contribution in [3.05, 3.63) is 0 Å². The summed E-state index contributed by atoms with van der Waals surface area (Å²) in [6, 6.07) is 0. The fourth-order valence-corrected chi connectivity index (χ4v) is 3.97. The highest BCUT2D eigenvalue weighted by atomic mass is 32.2. The average Bonchev–Trinajstić information content (AvgIpc) is 2.77. The third kappa shape index (κ3) is 4.12. The zero-order valence-corrected chi connectivity index (χ0v) is 11.7. The highest BCUT2D eigenvalue weighted by molar-refractivity contribution is 7.99. The van der Waals surface area contributed by atoms with Crippen molar-refractivity contribution in [1.82, 2.24) is 5.32 Å². The van der Waals surface area contributed by atoms with E-state index in [4.69, 9.17) is 9.47 Å². The maximum Gasteiger partial charge on any atom is 0.0805 e. The Bertz CT molecular complexity index is 219. The Morgan fingerprint density at radius 1 is 1.47 bits per heavy atom. The van der Waals surface area contributed by atoms with Crippen LogP contribution in [0.2, 0.25) is 0 Å². The Kier molecular flexibility index (Phi) is 5.60. The van der Waals surface area contributed by atoms with Gasteiger partial charge in [0.25, 0.3) is 0 Å². The minimum atomic E-state index is 0.157. The summed E-state index contributed by atoms with van der Waals surface area (Å²) in [6.07, 6.45) is 5.00. The molecule has 3 nitrogen and oxygen atoms in total. The molecule has 2 saturated heterocycles. The second-order valence-electron chi connectivity index (χ2n) is 5.07. The first kappa shape index (κ1) is 13.7. The fraction of sp³-hybridized carbons (Fsp3) is 1.00. The molecule has 2 atom stereocenters. The first-order valence-electron chi connectivity index (χ1n) is 6.89. The maximum absolute atomic E-state index is 5.99. The first-order valence-corrected chi connectivity index (χ1v) is 8.04. The van der Waals surface area contributed by atoms with Gasteiger partial charge in [-0.2, -0.15) is 11.8 Å². The molecule has 2 aliphatic heterocycles. The molecule has 100 valence electrons. The van der Waals surface area contributed by atoms with Gasteiger partial charge in [-0.05, 0) is 31.6 Å². The van der Waals surface area contributed by atoms with Gasteiger partial charge in [-0.1, -0.05) is 6.92 Å². The van der Waals surface area contributed by atoms with E-state index in [1.165, 1.54) is 24.3 Å². The summed E-state index contributed by atoms with van der Waals surface area (Å²) in [5.41, 5.74) is 0.157. The summed E-state index contributed by atoms with van der Waals surface area (Å²) in [4.78, 5) is 0. The van der Waals surface area contributed by atoms with Gasteiger partial charge in [-0.15, -0.1) is 0 Å². The molecule has 0 aromatic heterocycles. The van der Waals surface area contributed by atoms with Crippen LogP contribution in [0, 0.1) is 0 Å². The molecule has 2 unspecified atom stereocenters. The Labute approximate surface area is 109 Å². The van der Waals surface area contributed by atoms with E-state index < -0.39 is 0 Å². The zero-order valence-electron chi connectivity index (χ0n) is 10.9. The first-order chi connectivity index (χ1) is 8.35. The SMILES string of the molecule is CCCNCCOC1CCOC2(CCSC2)C1. The van der Waals surface area contributed by atoms with Gasteiger partial charge in [0.05, 0.1) is 18.3 Å². The van der Waals surface area contributed by atoms with Crippen molar-refractivity contribution in [3.63, 3.8) is 0 Å². The molecule has 0 bridgehead atoms.